The molecule has 2 unspecified atom stereocenters. The third-order valence-electron chi connectivity index (χ3n) is 2.36. The summed E-state index contributed by atoms with van der Waals surface area (Å²) >= 11 is -1.60. The predicted octanol–water partition coefficient (Wildman–Crippen LogP) is 3.20. The van der Waals surface area contributed by atoms with Crippen LogP contribution in [0.5, 0.6) is 0 Å². The lowest BCUT2D eigenvalue weighted by atomic mass is 9.95. The summed E-state index contributed by atoms with van der Waals surface area (Å²) in [5.74, 6) is 1.12. The molecule has 0 aromatic heterocycles. The van der Waals surface area contributed by atoms with Crippen molar-refractivity contribution in [3.63, 3.8) is 0 Å². The van der Waals surface area contributed by atoms with Gasteiger partial charge >= 0.3 is 0 Å². The molecule has 0 aromatic carbocycles. The van der Waals surface area contributed by atoms with Gasteiger partial charge in [0.2, 0.25) is 0 Å². The Morgan fingerprint density at radius 1 is 1.15 bits per heavy atom. The molecule has 2 atom stereocenters. The highest BCUT2D eigenvalue weighted by molar-refractivity contribution is 7.79. The average molecular weight is 206 g/mol. The molecule has 0 saturated carbocycles. The van der Waals surface area contributed by atoms with Gasteiger partial charge in [-0.25, -0.2) is 4.21 Å². The van der Waals surface area contributed by atoms with Gasteiger partial charge in [-0.05, 0) is 12.3 Å². The van der Waals surface area contributed by atoms with Gasteiger partial charge in [0.1, 0.15) is 0 Å². The van der Waals surface area contributed by atoms with Crippen LogP contribution >= 0.6 is 0 Å². The molecule has 0 aliphatic heterocycles. The Balaban J connectivity index is 3.59. The highest BCUT2D eigenvalue weighted by atomic mass is 32.2. The Morgan fingerprint density at radius 2 is 1.85 bits per heavy atom. The van der Waals surface area contributed by atoms with Crippen LogP contribution in [0.2, 0.25) is 0 Å². The van der Waals surface area contributed by atoms with Crippen LogP contribution in [0, 0.1) is 5.92 Å². The molecule has 1 N–H and O–H groups in total. The second kappa shape index (κ2) is 8.70. The average Bonchev–Trinajstić information content (AvgIpc) is 2.09. The minimum absolute atomic E-state index is 0.453. The Bertz CT molecular complexity index is 137. The van der Waals surface area contributed by atoms with E-state index < -0.39 is 11.1 Å². The number of unbranched alkanes of at least 4 members (excludes halogenated alkanes) is 1. The van der Waals surface area contributed by atoms with Crippen LogP contribution in [0.4, 0.5) is 0 Å². The zero-order valence-electron chi connectivity index (χ0n) is 8.79. The summed E-state index contributed by atoms with van der Waals surface area (Å²) in [4.78, 5) is 0. The molecular formula is C10H22O2S. The van der Waals surface area contributed by atoms with Crippen LogP contribution in [0.15, 0.2) is 0 Å². The van der Waals surface area contributed by atoms with Crippen LogP contribution in [0.25, 0.3) is 0 Å². The van der Waals surface area contributed by atoms with Gasteiger partial charge in [-0.3, -0.25) is 0 Å². The molecule has 0 radical (unpaired) electrons. The van der Waals surface area contributed by atoms with Crippen LogP contribution in [-0.4, -0.2) is 14.5 Å². The molecule has 0 aliphatic rings. The van der Waals surface area contributed by atoms with E-state index in [0.29, 0.717) is 11.7 Å². The monoisotopic (exact) mass is 206 g/mol. The first kappa shape index (κ1) is 13.1. The van der Waals surface area contributed by atoms with Gasteiger partial charge in [-0.1, -0.05) is 46.0 Å². The van der Waals surface area contributed by atoms with Gasteiger partial charge in [0, 0.05) is 5.75 Å². The molecule has 0 spiro atoms. The van der Waals surface area contributed by atoms with Crippen molar-refractivity contribution >= 4 is 11.1 Å². The molecule has 3 heteroatoms. The maximum absolute atomic E-state index is 10.5. The van der Waals surface area contributed by atoms with Crippen molar-refractivity contribution < 1.29 is 8.76 Å². The van der Waals surface area contributed by atoms with Crippen molar-refractivity contribution in [2.75, 3.05) is 5.75 Å². The Hall–Kier alpha value is 0.110. The zero-order chi connectivity index (χ0) is 10.1. The largest absolute Gasteiger partial charge is 0.306 e. The van der Waals surface area contributed by atoms with Crippen molar-refractivity contribution in [2.45, 2.75) is 52.4 Å². The summed E-state index contributed by atoms with van der Waals surface area (Å²) in [7, 11) is 0. The van der Waals surface area contributed by atoms with Gasteiger partial charge in [0.15, 0.2) is 11.1 Å². The first-order valence-electron chi connectivity index (χ1n) is 5.28. The number of rotatable bonds is 8. The maximum Gasteiger partial charge on any atom is 0.152 e. The second-order valence-electron chi connectivity index (χ2n) is 3.61. The first-order valence-corrected chi connectivity index (χ1v) is 6.55. The number of hydrogen-bond acceptors (Lipinski definition) is 1. The summed E-state index contributed by atoms with van der Waals surface area (Å²) in [6.07, 6.45) is 7.01. The summed E-state index contributed by atoms with van der Waals surface area (Å²) < 4.78 is 19.2. The molecular weight excluding hydrogens is 184 g/mol. The van der Waals surface area contributed by atoms with E-state index in [0.717, 1.165) is 6.42 Å². The Kier molecular flexibility index (Phi) is 8.77. The highest BCUT2D eigenvalue weighted by Crippen LogP contribution is 2.18. The van der Waals surface area contributed by atoms with E-state index in [1.54, 1.807) is 0 Å². The van der Waals surface area contributed by atoms with E-state index in [9.17, 15) is 4.21 Å². The van der Waals surface area contributed by atoms with E-state index in [1.165, 1.54) is 32.1 Å². The Labute approximate surface area is 84.4 Å². The topological polar surface area (TPSA) is 37.3 Å². The van der Waals surface area contributed by atoms with Gasteiger partial charge < -0.3 is 4.55 Å². The van der Waals surface area contributed by atoms with Crippen LogP contribution in [0.1, 0.15) is 52.4 Å². The van der Waals surface area contributed by atoms with Crippen molar-refractivity contribution in [3.8, 4) is 0 Å². The lowest BCUT2D eigenvalue weighted by molar-refractivity contribution is 0.415. The summed E-state index contributed by atoms with van der Waals surface area (Å²) in [5, 5.41) is 0. The minimum Gasteiger partial charge on any atom is -0.306 e. The van der Waals surface area contributed by atoms with Crippen LogP contribution in [0.3, 0.4) is 0 Å². The lowest BCUT2D eigenvalue weighted by Gasteiger charge is -2.14. The third-order valence-corrected chi connectivity index (χ3v) is 2.95. The van der Waals surface area contributed by atoms with E-state index in [2.05, 4.69) is 13.8 Å². The second-order valence-corrected chi connectivity index (χ2v) is 4.66. The highest BCUT2D eigenvalue weighted by Gasteiger charge is 2.08. The van der Waals surface area contributed by atoms with E-state index in [4.69, 9.17) is 4.55 Å². The zero-order valence-corrected chi connectivity index (χ0v) is 9.61. The fraction of sp³-hybridized carbons (Fsp3) is 1.00. The molecule has 0 rings (SSSR count). The quantitative estimate of drug-likeness (QED) is 0.619. The minimum atomic E-state index is -1.60. The summed E-state index contributed by atoms with van der Waals surface area (Å²) in [5.41, 5.74) is 0. The SMILES string of the molecule is CCCCC(CCC)CCS(=O)O. The summed E-state index contributed by atoms with van der Waals surface area (Å²) in [6.45, 7) is 4.36. The van der Waals surface area contributed by atoms with E-state index in [-0.39, 0.29) is 0 Å². The van der Waals surface area contributed by atoms with Crippen molar-refractivity contribution in [3.05, 3.63) is 0 Å². The van der Waals surface area contributed by atoms with Crippen molar-refractivity contribution in [1.82, 2.24) is 0 Å². The first-order chi connectivity index (χ1) is 6.20. The predicted molar refractivity (Wildman–Crippen MR) is 58.2 cm³/mol. The molecule has 80 valence electrons. The smallest absolute Gasteiger partial charge is 0.152 e. The van der Waals surface area contributed by atoms with E-state index in [1.807, 2.05) is 0 Å². The third kappa shape index (κ3) is 8.44. The van der Waals surface area contributed by atoms with E-state index >= 15 is 0 Å². The molecule has 0 bridgehead atoms. The molecule has 0 saturated heterocycles. The molecule has 0 amide bonds. The molecule has 2 nitrogen and oxygen atoms in total. The van der Waals surface area contributed by atoms with Crippen molar-refractivity contribution in [2.24, 2.45) is 5.92 Å². The molecule has 0 fully saturated rings. The fourth-order valence-corrected chi connectivity index (χ4v) is 2.14. The summed E-state index contributed by atoms with van der Waals surface area (Å²) in [6, 6.07) is 0. The Morgan fingerprint density at radius 3 is 2.31 bits per heavy atom. The van der Waals surface area contributed by atoms with Crippen LogP contribution < -0.4 is 0 Å². The normalized spacial score (nSPS) is 15.6. The molecule has 13 heavy (non-hydrogen) atoms. The van der Waals surface area contributed by atoms with Crippen molar-refractivity contribution in [1.29, 1.82) is 0 Å². The van der Waals surface area contributed by atoms with Crippen LogP contribution in [-0.2, 0) is 11.1 Å². The molecule has 0 aromatic rings. The molecule has 0 aliphatic carbocycles. The maximum atomic E-state index is 10.5. The van der Waals surface area contributed by atoms with Gasteiger partial charge in [-0.2, -0.15) is 0 Å². The van der Waals surface area contributed by atoms with Gasteiger partial charge in [-0.15, -0.1) is 0 Å². The van der Waals surface area contributed by atoms with Gasteiger partial charge in [0.25, 0.3) is 0 Å². The lowest BCUT2D eigenvalue weighted by Crippen LogP contribution is -2.06. The fourth-order valence-electron chi connectivity index (χ4n) is 1.60. The standard InChI is InChI=1S/C10H22O2S/c1-3-5-7-10(6-4-2)8-9-13(11)12/h10H,3-9H2,1-2H3,(H,11,12). The number of hydrogen-bond donors (Lipinski definition) is 1. The molecule has 0 heterocycles. The van der Waals surface area contributed by atoms with Gasteiger partial charge in [0.05, 0.1) is 0 Å².